The molecule has 0 radical (unpaired) electrons. The molecule has 0 aliphatic carbocycles. The van der Waals surface area contributed by atoms with Crippen LogP contribution in [0.5, 0.6) is 0 Å². The average Bonchev–Trinajstić information content (AvgIpc) is 2.70. The average molecular weight is 390 g/mol. The van der Waals surface area contributed by atoms with E-state index in [1.165, 1.54) is 83.5 Å². The number of hydrogen-bond acceptors (Lipinski definition) is 3. The zero-order valence-electron chi connectivity index (χ0n) is 18.4. The lowest BCUT2D eigenvalue weighted by Crippen LogP contribution is -2.16. The van der Waals surface area contributed by atoms with Crippen molar-refractivity contribution >= 4 is 11.7 Å². The van der Waals surface area contributed by atoms with Crippen LogP contribution in [0.3, 0.4) is 0 Å². The summed E-state index contributed by atoms with van der Waals surface area (Å²) in [5.41, 5.74) is 6.88. The molecule has 1 unspecified atom stereocenters. The zero-order valence-corrected chi connectivity index (χ0v) is 18.4. The SMILES string of the molecule is CCCCCCCCCC(CCCCCCC)COC(=O)c1ccccc1N. The fourth-order valence-electron chi connectivity index (χ4n) is 3.69. The van der Waals surface area contributed by atoms with Gasteiger partial charge in [0.25, 0.3) is 0 Å². The third kappa shape index (κ3) is 11.4. The summed E-state index contributed by atoms with van der Waals surface area (Å²) in [6.45, 7) is 5.03. The highest BCUT2D eigenvalue weighted by atomic mass is 16.5. The van der Waals surface area contributed by atoms with Crippen molar-refractivity contribution in [3.63, 3.8) is 0 Å². The van der Waals surface area contributed by atoms with E-state index >= 15 is 0 Å². The molecule has 1 aromatic carbocycles. The van der Waals surface area contributed by atoms with Gasteiger partial charge in [-0.2, -0.15) is 0 Å². The highest BCUT2D eigenvalue weighted by molar-refractivity contribution is 5.94. The molecule has 1 rings (SSSR count). The van der Waals surface area contributed by atoms with E-state index in [-0.39, 0.29) is 5.97 Å². The van der Waals surface area contributed by atoms with Gasteiger partial charge in [-0.3, -0.25) is 0 Å². The maximum absolute atomic E-state index is 12.4. The van der Waals surface area contributed by atoms with Gasteiger partial charge >= 0.3 is 5.97 Å². The number of anilines is 1. The normalized spacial score (nSPS) is 12.1. The number of ether oxygens (including phenoxy) is 1. The van der Waals surface area contributed by atoms with Gasteiger partial charge < -0.3 is 10.5 Å². The summed E-state index contributed by atoms with van der Waals surface area (Å²) in [7, 11) is 0. The Morgan fingerprint density at radius 1 is 0.821 bits per heavy atom. The van der Waals surface area contributed by atoms with Gasteiger partial charge in [-0.25, -0.2) is 4.79 Å². The molecule has 0 fully saturated rings. The molecule has 3 nitrogen and oxygen atoms in total. The number of carbonyl (C=O) groups is 1. The minimum absolute atomic E-state index is 0.284. The van der Waals surface area contributed by atoms with Crippen molar-refractivity contribution in [3.05, 3.63) is 29.8 Å². The van der Waals surface area contributed by atoms with Crippen molar-refractivity contribution in [2.75, 3.05) is 12.3 Å². The Kier molecular flexibility index (Phi) is 14.4. The summed E-state index contributed by atoms with van der Waals surface area (Å²) < 4.78 is 5.64. The molecule has 0 aliphatic heterocycles. The van der Waals surface area contributed by atoms with Gasteiger partial charge in [0.1, 0.15) is 0 Å². The lowest BCUT2D eigenvalue weighted by molar-refractivity contribution is 0.0423. The predicted octanol–water partition coefficient (Wildman–Crippen LogP) is 7.54. The topological polar surface area (TPSA) is 52.3 Å². The summed E-state index contributed by atoms with van der Waals surface area (Å²) in [5, 5.41) is 0. The Morgan fingerprint density at radius 3 is 1.86 bits per heavy atom. The largest absolute Gasteiger partial charge is 0.462 e. The summed E-state index contributed by atoms with van der Waals surface area (Å²) in [6.07, 6.45) is 18.1. The Labute approximate surface area is 173 Å². The minimum Gasteiger partial charge on any atom is -0.462 e. The standard InChI is InChI=1S/C25H43NO2/c1-3-5-7-9-10-12-14-18-22(17-13-11-8-6-4-2)21-28-25(27)23-19-15-16-20-24(23)26/h15-16,19-20,22H,3-14,17-18,21,26H2,1-2H3. The third-order valence-corrected chi connectivity index (χ3v) is 5.56. The van der Waals surface area contributed by atoms with Crippen LogP contribution in [0.4, 0.5) is 5.69 Å². The van der Waals surface area contributed by atoms with Gasteiger partial charge in [0.2, 0.25) is 0 Å². The second-order valence-electron chi connectivity index (χ2n) is 8.16. The number of hydrogen-bond donors (Lipinski definition) is 1. The quantitative estimate of drug-likeness (QED) is 0.170. The Balaban J connectivity index is 2.36. The number of carbonyl (C=O) groups excluding carboxylic acids is 1. The number of nitrogens with two attached hydrogens (primary N) is 1. The smallest absolute Gasteiger partial charge is 0.340 e. The Bertz CT molecular complexity index is 515. The monoisotopic (exact) mass is 389 g/mol. The fourth-order valence-corrected chi connectivity index (χ4v) is 3.69. The van der Waals surface area contributed by atoms with Crippen molar-refractivity contribution in [3.8, 4) is 0 Å². The molecule has 0 heterocycles. The van der Waals surface area contributed by atoms with E-state index in [1.807, 2.05) is 12.1 Å². The Hall–Kier alpha value is -1.51. The number of benzene rings is 1. The lowest BCUT2D eigenvalue weighted by atomic mass is 9.95. The van der Waals surface area contributed by atoms with E-state index in [2.05, 4.69) is 13.8 Å². The van der Waals surface area contributed by atoms with E-state index in [0.29, 0.717) is 23.8 Å². The van der Waals surface area contributed by atoms with Gasteiger partial charge in [0.05, 0.1) is 12.2 Å². The molecule has 1 atom stereocenters. The number of rotatable bonds is 17. The van der Waals surface area contributed by atoms with Crippen LogP contribution >= 0.6 is 0 Å². The first kappa shape index (κ1) is 24.5. The number of unbranched alkanes of at least 4 members (excludes halogenated alkanes) is 10. The van der Waals surface area contributed by atoms with E-state index in [9.17, 15) is 4.79 Å². The van der Waals surface area contributed by atoms with Crippen LogP contribution in [0, 0.1) is 5.92 Å². The molecule has 2 N–H and O–H groups in total. The third-order valence-electron chi connectivity index (χ3n) is 5.56. The highest BCUT2D eigenvalue weighted by Crippen LogP contribution is 2.21. The van der Waals surface area contributed by atoms with Gasteiger partial charge in [-0.1, -0.05) is 103 Å². The van der Waals surface area contributed by atoms with Crippen molar-refractivity contribution in [2.24, 2.45) is 5.92 Å². The summed E-state index contributed by atoms with van der Waals surface area (Å²) >= 11 is 0. The first-order valence-corrected chi connectivity index (χ1v) is 11.7. The lowest BCUT2D eigenvalue weighted by Gasteiger charge is -2.17. The molecule has 28 heavy (non-hydrogen) atoms. The number of nitrogen functional groups attached to an aromatic ring is 1. The molecule has 0 aromatic heterocycles. The molecular formula is C25H43NO2. The van der Waals surface area contributed by atoms with Crippen LogP contribution in [0.1, 0.15) is 114 Å². The second kappa shape index (κ2) is 16.4. The van der Waals surface area contributed by atoms with Gasteiger partial charge in [0.15, 0.2) is 0 Å². The van der Waals surface area contributed by atoms with E-state index in [1.54, 1.807) is 12.1 Å². The number of para-hydroxylation sites is 1. The van der Waals surface area contributed by atoms with Crippen LogP contribution < -0.4 is 5.73 Å². The van der Waals surface area contributed by atoms with Crippen molar-refractivity contribution in [1.29, 1.82) is 0 Å². The van der Waals surface area contributed by atoms with Gasteiger partial charge in [-0.05, 0) is 30.9 Å². The van der Waals surface area contributed by atoms with Crippen LogP contribution in [0.2, 0.25) is 0 Å². The fraction of sp³-hybridized carbons (Fsp3) is 0.720. The molecule has 0 bridgehead atoms. The van der Waals surface area contributed by atoms with Crippen LogP contribution in [-0.2, 0) is 4.74 Å². The van der Waals surface area contributed by atoms with Gasteiger partial charge in [0, 0.05) is 5.69 Å². The van der Waals surface area contributed by atoms with Crippen molar-refractivity contribution in [1.82, 2.24) is 0 Å². The first-order chi connectivity index (χ1) is 13.7. The van der Waals surface area contributed by atoms with Gasteiger partial charge in [-0.15, -0.1) is 0 Å². The van der Waals surface area contributed by atoms with E-state index < -0.39 is 0 Å². The molecule has 3 heteroatoms. The molecule has 160 valence electrons. The van der Waals surface area contributed by atoms with Crippen LogP contribution in [-0.4, -0.2) is 12.6 Å². The van der Waals surface area contributed by atoms with Crippen LogP contribution in [0.25, 0.3) is 0 Å². The van der Waals surface area contributed by atoms with Crippen molar-refractivity contribution < 1.29 is 9.53 Å². The minimum atomic E-state index is -0.284. The molecule has 0 aliphatic rings. The molecule has 0 spiro atoms. The van der Waals surface area contributed by atoms with E-state index in [0.717, 1.165) is 6.42 Å². The summed E-state index contributed by atoms with van der Waals surface area (Å²) in [6, 6.07) is 7.16. The molecule has 0 saturated carbocycles. The molecule has 1 aromatic rings. The number of esters is 1. The molecular weight excluding hydrogens is 346 g/mol. The highest BCUT2D eigenvalue weighted by Gasteiger charge is 2.15. The van der Waals surface area contributed by atoms with Crippen molar-refractivity contribution in [2.45, 2.75) is 104 Å². The predicted molar refractivity (Wildman–Crippen MR) is 121 cm³/mol. The summed E-state index contributed by atoms with van der Waals surface area (Å²) in [5.74, 6) is 0.194. The Morgan fingerprint density at radius 2 is 1.32 bits per heavy atom. The van der Waals surface area contributed by atoms with E-state index in [4.69, 9.17) is 10.5 Å². The first-order valence-electron chi connectivity index (χ1n) is 11.7. The summed E-state index contributed by atoms with van der Waals surface area (Å²) in [4.78, 5) is 12.4. The maximum atomic E-state index is 12.4. The zero-order chi connectivity index (χ0) is 20.5. The molecule has 0 amide bonds. The van der Waals surface area contributed by atoms with Crippen LogP contribution in [0.15, 0.2) is 24.3 Å². The molecule has 0 saturated heterocycles. The second-order valence-corrected chi connectivity index (χ2v) is 8.16. The maximum Gasteiger partial charge on any atom is 0.340 e.